The number of carbonyl (C=O) groups excluding carboxylic acids is 2. The average Bonchev–Trinajstić information content (AvgIpc) is 2.75. The van der Waals surface area contributed by atoms with Crippen LogP contribution in [0.5, 0.6) is 5.75 Å². The Morgan fingerprint density at radius 2 is 1.56 bits per heavy atom. The molecule has 2 rings (SSSR count). The van der Waals surface area contributed by atoms with Crippen LogP contribution in [0.25, 0.3) is 0 Å². The number of ether oxygens (including phenoxy) is 2. The van der Waals surface area contributed by atoms with Gasteiger partial charge in [-0.05, 0) is 68.5 Å². The van der Waals surface area contributed by atoms with Crippen LogP contribution in [0.1, 0.15) is 81.4 Å². The van der Waals surface area contributed by atoms with Crippen molar-refractivity contribution >= 4 is 23.4 Å². The predicted molar refractivity (Wildman–Crippen MR) is 130 cm³/mol. The molecule has 0 saturated carbocycles. The van der Waals surface area contributed by atoms with Gasteiger partial charge in [0.1, 0.15) is 5.75 Å². The molecule has 0 atom stereocenters. The number of methoxy groups -OCH3 is 1. The Morgan fingerprint density at radius 3 is 2.03 bits per heavy atom. The van der Waals surface area contributed by atoms with Gasteiger partial charge in [-0.1, -0.05) is 57.5 Å². The van der Waals surface area contributed by atoms with E-state index in [2.05, 4.69) is 26.0 Å². The van der Waals surface area contributed by atoms with E-state index in [1.807, 2.05) is 52.8 Å². The Hall–Kier alpha value is -2.33. The first-order chi connectivity index (χ1) is 14.9. The molecule has 32 heavy (non-hydrogen) atoms. The molecule has 0 unspecified atom stereocenters. The lowest BCUT2D eigenvalue weighted by Crippen LogP contribution is -2.41. The van der Waals surface area contributed by atoms with Crippen molar-refractivity contribution in [2.24, 2.45) is 5.92 Å². The SMILES string of the molecule is CCC(CC)(c1ccc(OC(C)(C)C(=O)C(C)C)c(C)c1)c1ccc(C(=O)OC)c(Cl)c1. The number of benzene rings is 2. The van der Waals surface area contributed by atoms with Gasteiger partial charge in [0.25, 0.3) is 0 Å². The van der Waals surface area contributed by atoms with Crippen LogP contribution in [0.3, 0.4) is 0 Å². The second-order valence-corrected chi connectivity index (χ2v) is 9.49. The number of Topliss-reactive ketones (excluding diaryl/α,β-unsaturated/α-hetero) is 1. The summed E-state index contributed by atoms with van der Waals surface area (Å²) in [5.74, 6) is 0.219. The number of aryl methyl sites for hydroxylation is 1. The van der Waals surface area contributed by atoms with E-state index in [-0.39, 0.29) is 17.1 Å². The Bertz CT molecular complexity index is 987. The van der Waals surface area contributed by atoms with Crippen LogP contribution in [0.2, 0.25) is 5.02 Å². The number of hydrogen-bond donors (Lipinski definition) is 0. The molecule has 2 aromatic carbocycles. The van der Waals surface area contributed by atoms with E-state index in [1.54, 1.807) is 6.07 Å². The van der Waals surface area contributed by atoms with E-state index >= 15 is 0 Å². The highest BCUT2D eigenvalue weighted by Crippen LogP contribution is 2.42. The Balaban J connectivity index is 2.49. The van der Waals surface area contributed by atoms with Crippen molar-refractivity contribution < 1.29 is 19.1 Å². The van der Waals surface area contributed by atoms with Crippen molar-refractivity contribution in [2.45, 2.75) is 72.3 Å². The van der Waals surface area contributed by atoms with Crippen molar-refractivity contribution in [3.63, 3.8) is 0 Å². The van der Waals surface area contributed by atoms with Crippen molar-refractivity contribution in [3.05, 3.63) is 63.7 Å². The third-order valence-electron chi connectivity index (χ3n) is 6.34. The highest BCUT2D eigenvalue weighted by Gasteiger charge is 2.34. The van der Waals surface area contributed by atoms with Gasteiger partial charge in [0.15, 0.2) is 11.4 Å². The molecule has 0 radical (unpaired) electrons. The molecule has 0 N–H and O–H groups in total. The van der Waals surface area contributed by atoms with Gasteiger partial charge in [-0.25, -0.2) is 4.79 Å². The predicted octanol–water partition coefficient (Wildman–Crippen LogP) is 6.92. The van der Waals surface area contributed by atoms with E-state index in [0.29, 0.717) is 16.3 Å². The van der Waals surface area contributed by atoms with Gasteiger partial charge in [0.05, 0.1) is 17.7 Å². The van der Waals surface area contributed by atoms with Crippen LogP contribution in [-0.2, 0) is 14.9 Å². The topological polar surface area (TPSA) is 52.6 Å². The summed E-state index contributed by atoms with van der Waals surface area (Å²) in [6, 6.07) is 11.7. The van der Waals surface area contributed by atoms with E-state index in [4.69, 9.17) is 21.1 Å². The zero-order valence-corrected chi connectivity index (χ0v) is 21.2. The van der Waals surface area contributed by atoms with Gasteiger partial charge >= 0.3 is 5.97 Å². The van der Waals surface area contributed by atoms with Crippen LogP contribution in [0.15, 0.2) is 36.4 Å². The Morgan fingerprint density at radius 1 is 1.00 bits per heavy atom. The third kappa shape index (κ3) is 5.01. The van der Waals surface area contributed by atoms with Crippen LogP contribution >= 0.6 is 11.6 Å². The summed E-state index contributed by atoms with van der Waals surface area (Å²) in [6.45, 7) is 13.7. The quantitative estimate of drug-likeness (QED) is 0.382. The van der Waals surface area contributed by atoms with Crippen LogP contribution < -0.4 is 4.74 Å². The summed E-state index contributed by atoms with van der Waals surface area (Å²) in [7, 11) is 1.34. The molecular weight excluding hydrogens is 424 g/mol. The maximum absolute atomic E-state index is 12.5. The minimum Gasteiger partial charge on any atom is -0.480 e. The standard InChI is InChI=1S/C27H35ClO4/c1-9-27(10-2,20-11-13-21(22(28)16-20)25(30)31-8)19-12-14-23(18(5)15-19)32-26(6,7)24(29)17(3)4/h11-17H,9-10H2,1-8H3. The van der Waals surface area contributed by atoms with Gasteiger partial charge in [-0.2, -0.15) is 0 Å². The molecule has 0 bridgehead atoms. The lowest BCUT2D eigenvalue weighted by atomic mass is 9.70. The molecule has 0 spiro atoms. The maximum Gasteiger partial charge on any atom is 0.339 e. The molecule has 0 fully saturated rings. The third-order valence-corrected chi connectivity index (χ3v) is 6.66. The molecule has 5 heteroatoms. The van der Waals surface area contributed by atoms with Gasteiger partial charge in [-0.15, -0.1) is 0 Å². The monoisotopic (exact) mass is 458 g/mol. The summed E-state index contributed by atoms with van der Waals surface area (Å²) in [6.07, 6.45) is 1.71. The summed E-state index contributed by atoms with van der Waals surface area (Å²) >= 11 is 6.44. The molecule has 0 aliphatic heterocycles. The van der Waals surface area contributed by atoms with E-state index in [0.717, 1.165) is 29.5 Å². The lowest BCUT2D eigenvalue weighted by molar-refractivity contribution is -0.135. The van der Waals surface area contributed by atoms with Crippen molar-refractivity contribution in [3.8, 4) is 5.75 Å². The minimum atomic E-state index is -0.899. The Kier molecular flexibility index (Phi) is 8.17. The molecule has 0 aliphatic rings. The summed E-state index contributed by atoms with van der Waals surface area (Å²) in [5, 5.41) is 0.381. The fourth-order valence-electron chi connectivity index (χ4n) is 4.40. The smallest absolute Gasteiger partial charge is 0.339 e. The van der Waals surface area contributed by atoms with E-state index in [1.165, 1.54) is 7.11 Å². The molecule has 0 aliphatic carbocycles. The van der Waals surface area contributed by atoms with E-state index < -0.39 is 11.6 Å². The molecule has 4 nitrogen and oxygen atoms in total. The first kappa shape index (κ1) is 25.9. The van der Waals surface area contributed by atoms with Crippen molar-refractivity contribution in [1.82, 2.24) is 0 Å². The highest BCUT2D eigenvalue weighted by molar-refractivity contribution is 6.33. The zero-order valence-electron chi connectivity index (χ0n) is 20.5. The van der Waals surface area contributed by atoms with Crippen molar-refractivity contribution in [1.29, 1.82) is 0 Å². The highest BCUT2D eigenvalue weighted by atomic mass is 35.5. The molecule has 0 amide bonds. The van der Waals surface area contributed by atoms with Gasteiger partial charge in [0, 0.05) is 11.3 Å². The summed E-state index contributed by atoms with van der Waals surface area (Å²) < 4.78 is 11.0. The molecule has 0 aromatic heterocycles. The molecular formula is C27H35ClO4. The number of ketones is 1. The summed E-state index contributed by atoms with van der Waals surface area (Å²) in [4.78, 5) is 24.5. The fourth-order valence-corrected chi connectivity index (χ4v) is 4.66. The zero-order chi connectivity index (χ0) is 24.3. The van der Waals surface area contributed by atoms with Gasteiger partial charge in [-0.3, -0.25) is 4.79 Å². The van der Waals surface area contributed by atoms with Crippen LogP contribution in [0, 0.1) is 12.8 Å². The maximum atomic E-state index is 12.5. The number of hydrogen-bond acceptors (Lipinski definition) is 4. The number of halogens is 1. The van der Waals surface area contributed by atoms with Gasteiger partial charge in [0.2, 0.25) is 0 Å². The largest absolute Gasteiger partial charge is 0.480 e. The number of rotatable bonds is 9. The first-order valence-electron chi connectivity index (χ1n) is 11.2. The normalized spacial score (nSPS) is 12.1. The van der Waals surface area contributed by atoms with Crippen LogP contribution in [-0.4, -0.2) is 24.5 Å². The fraction of sp³-hybridized carbons (Fsp3) is 0.481. The second-order valence-electron chi connectivity index (χ2n) is 9.09. The molecule has 0 heterocycles. The molecule has 2 aromatic rings. The molecule has 174 valence electrons. The van der Waals surface area contributed by atoms with Gasteiger partial charge < -0.3 is 9.47 Å². The number of esters is 1. The van der Waals surface area contributed by atoms with E-state index in [9.17, 15) is 9.59 Å². The average molecular weight is 459 g/mol. The minimum absolute atomic E-state index is 0.0674. The number of carbonyl (C=O) groups is 2. The van der Waals surface area contributed by atoms with Crippen LogP contribution in [0.4, 0.5) is 0 Å². The Labute approximate surface area is 197 Å². The first-order valence-corrected chi connectivity index (χ1v) is 11.5. The lowest BCUT2D eigenvalue weighted by Gasteiger charge is -2.34. The van der Waals surface area contributed by atoms with Crippen molar-refractivity contribution in [2.75, 3.05) is 7.11 Å². The second kappa shape index (κ2) is 10.1. The summed E-state index contributed by atoms with van der Waals surface area (Å²) in [5.41, 5.74) is 2.34. The molecule has 0 saturated heterocycles.